The molecule has 0 bridgehead atoms. The fraction of sp³-hybridized carbons (Fsp3) is 0.500. The van der Waals surface area contributed by atoms with Crippen molar-refractivity contribution >= 4 is 5.91 Å². The van der Waals surface area contributed by atoms with Gasteiger partial charge < -0.3 is 10.3 Å². The third kappa shape index (κ3) is 0.995. The summed E-state index contributed by atoms with van der Waals surface area (Å²) in [5.41, 5.74) is 6.11. The molecule has 0 aliphatic heterocycles. The summed E-state index contributed by atoms with van der Waals surface area (Å²) >= 11 is 0. The lowest BCUT2D eigenvalue weighted by atomic mass is 9.81. The molecule has 2 rings (SSSR count). The van der Waals surface area contributed by atoms with Crippen LogP contribution in [0.4, 0.5) is 0 Å². The maximum absolute atomic E-state index is 10.8. The molecule has 1 heterocycles. The summed E-state index contributed by atoms with van der Waals surface area (Å²) < 4.78 is 4.59. The van der Waals surface area contributed by atoms with E-state index in [-0.39, 0.29) is 0 Å². The maximum Gasteiger partial charge on any atom is 0.254 e. The van der Waals surface area contributed by atoms with Crippen LogP contribution >= 0.6 is 0 Å². The Kier molecular flexibility index (Phi) is 1.60. The summed E-state index contributed by atoms with van der Waals surface area (Å²) in [5.74, 6) is -0.138. The van der Waals surface area contributed by atoms with E-state index >= 15 is 0 Å². The molecule has 1 amide bonds. The van der Waals surface area contributed by atoms with Crippen molar-refractivity contribution in [3.05, 3.63) is 17.5 Å². The van der Waals surface area contributed by atoms with Crippen LogP contribution in [0.5, 0.6) is 0 Å². The van der Waals surface area contributed by atoms with Gasteiger partial charge in [-0.15, -0.1) is 0 Å². The van der Waals surface area contributed by atoms with E-state index in [0.717, 1.165) is 12.8 Å². The van der Waals surface area contributed by atoms with E-state index in [1.54, 1.807) is 0 Å². The molecule has 1 aromatic rings. The van der Waals surface area contributed by atoms with Crippen molar-refractivity contribution in [2.45, 2.75) is 25.2 Å². The molecule has 12 heavy (non-hydrogen) atoms. The number of hydrogen-bond acceptors (Lipinski definition) is 3. The van der Waals surface area contributed by atoms with Gasteiger partial charge in [-0.3, -0.25) is 4.79 Å². The highest BCUT2D eigenvalue weighted by atomic mass is 16.5. The molecule has 1 aliphatic rings. The average molecular weight is 165 g/mol. The van der Waals surface area contributed by atoms with Crippen LogP contribution in [-0.2, 0) is 0 Å². The Balaban J connectivity index is 2.29. The third-order valence-electron chi connectivity index (χ3n) is 2.29. The molecule has 0 saturated heterocycles. The van der Waals surface area contributed by atoms with Gasteiger partial charge in [0.2, 0.25) is 6.26 Å². The number of nitrogens with zero attached hydrogens (tertiary/aromatic N) is 1. The molecule has 0 aromatic carbocycles. The Bertz CT molecular complexity index is 302. The number of rotatable bonds is 2. The molecule has 0 atom stereocenters. The Morgan fingerprint density at radius 3 is 2.92 bits per heavy atom. The lowest BCUT2D eigenvalue weighted by Gasteiger charge is -2.23. The van der Waals surface area contributed by atoms with Crippen LogP contribution < -0.4 is 5.73 Å². The van der Waals surface area contributed by atoms with Crippen LogP contribution in [0.2, 0.25) is 0 Å². The molecule has 1 saturated carbocycles. The summed E-state index contributed by atoms with van der Waals surface area (Å²) in [6.07, 6.45) is 5.72. The summed E-state index contributed by atoms with van der Waals surface area (Å²) in [7, 11) is 0. The quantitative estimate of drug-likeness (QED) is 0.706. The zero-order chi connectivity index (χ0) is 8.55. The van der Waals surface area contributed by atoms with Crippen LogP contribution in [-0.4, -0.2) is 11.1 Å². The van der Waals surface area contributed by atoms with Gasteiger partial charge in [-0.25, -0.2) is 0 Å². The molecule has 4 nitrogen and oxygen atoms in total. The lowest BCUT2D eigenvalue weighted by molar-refractivity contribution is 0.0997. The first kappa shape index (κ1) is 7.34. The monoisotopic (exact) mass is 165 g/mol. The zero-order valence-electron chi connectivity index (χ0n) is 6.54. The van der Waals surface area contributed by atoms with Gasteiger partial charge in [-0.2, -0.15) is 0 Å². The highest BCUT2D eigenvalue weighted by Gasteiger charge is 2.27. The van der Waals surface area contributed by atoms with Crippen LogP contribution in [0.25, 0.3) is 0 Å². The molecule has 1 radical (unpaired) electrons. The third-order valence-corrected chi connectivity index (χ3v) is 2.29. The number of aromatic nitrogens is 1. The molecule has 63 valence electrons. The zero-order valence-corrected chi connectivity index (χ0v) is 6.54. The van der Waals surface area contributed by atoms with Gasteiger partial charge >= 0.3 is 0 Å². The van der Waals surface area contributed by atoms with E-state index in [0.29, 0.717) is 17.2 Å². The molecular formula is C8H9N2O2. The standard InChI is InChI=1S/C8H9N2O2/c9-8(11)6-4-12-10-7(6)5-2-1-3-5/h5H,1-3H2,(H2,9,11). The number of carbonyl (C=O) groups excluding carboxylic acids is 1. The average Bonchev–Trinajstić information content (AvgIpc) is 2.31. The first-order chi connectivity index (χ1) is 5.79. The Labute approximate surface area is 69.7 Å². The second kappa shape index (κ2) is 2.62. The molecule has 0 spiro atoms. The van der Waals surface area contributed by atoms with Gasteiger partial charge in [0.05, 0.1) is 0 Å². The largest absolute Gasteiger partial charge is 0.365 e. The van der Waals surface area contributed by atoms with Gasteiger partial charge in [-0.1, -0.05) is 11.6 Å². The topological polar surface area (TPSA) is 69.1 Å². The second-order valence-electron chi connectivity index (χ2n) is 3.04. The first-order valence-electron chi connectivity index (χ1n) is 3.96. The van der Waals surface area contributed by atoms with Crippen molar-refractivity contribution in [3.63, 3.8) is 0 Å². The number of amides is 1. The highest BCUT2D eigenvalue weighted by molar-refractivity contribution is 5.93. The minimum absolute atomic E-state index is 0.319. The number of nitrogens with two attached hydrogens (primary N) is 1. The summed E-state index contributed by atoms with van der Waals surface area (Å²) in [5, 5.41) is 3.73. The maximum atomic E-state index is 10.8. The molecule has 1 fully saturated rings. The van der Waals surface area contributed by atoms with Crippen LogP contribution in [0.1, 0.15) is 41.2 Å². The van der Waals surface area contributed by atoms with Crippen molar-refractivity contribution in [2.75, 3.05) is 0 Å². The number of primary amides is 1. The van der Waals surface area contributed by atoms with Crippen LogP contribution in [0.3, 0.4) is 0 Å². The minimum Gasteiger partial charge on any atom is -0.365 e. The van der Waals surface area contributed by atoms with Crippen LogP contribution in [0.15, 0.2) is 4.52 Å². The highest BCUT2D eigenvalue weighted by Crippen LogP contribution is 2.36. The van der Waals surface area contributed by atoms with E-state index in [1.165, 1.54) is 6.42 Å². The summed E-state index contributed by atoms with van der Waals surface area (Å²) in [4.78, 5) is 10.8. The summed E-state index contributed by atoms with van der Waals surface area (Å²) in [6.45, 7) is 0. The van der Waals surface area contributed by atoms with Gasteiger partial charge in [0, 0.05) is 5.92 Å². The first-order valence-corrected chi connectivity index (χ1v) is 3.96. The molecule has 4 heteroatoms. The van der Waals surface area contributed by atoms with Gasteiger partial charge in [0.25, 0.3) is 5.91 Å². The normalized spacial score (nSPS) is 17.3. The van der Waals surface area contributed by atoms with E-state index in [2.05, 4.69) is 15.9 Å². The SMILES string of the molecule is NC(=O)c1[c]onc1C1CCC1. The second-order valence-corrected chi connectivity index (χ2v) is 3.04. The fourth-order valence-corrected chi connectivity index (χ4v) is 1.35. The Morgan fingerprint density at radius 2 is 2.42 bits per heavy atom. The van der Waals surface area contributed by atoms with Crippen molar-refractivity contribution in [1.82, 2.24) is 5.16 Å². The summed E-state index contributed by atoms with van der Waals surface area (Å²) in [6, 6.07) is 0. The van der Waals surface area contributed by atoms with Gasteiger partial charge in [0.15, 0.2) is 0 Å². The van der Waals surface area contributed by atoms with Crippen molar-refractivity contribution < 1.29 is 9.32 Å². The van der Waals surface area contributed by atoms with E-state index in [9.17, 15) is 4.79 Å². The minimum atomic E-state index is -0.502. The predicted molar refractivity (Wildman–Crippen MR) is 40.4 cm³/mol. The lowest BCUT2D eigenvalue weighted by Crippen LogP contribution is -2.17. The van der Waals surface area contributed by atoms with Gasteiger partial charge in [0.1, 0.15) is 11.3 Å². The number of hydrogen-bond donors (Lipinski definition) is 1. The molecule has 1 aromatic heterocycles. The van der Waals surface area contributed by atoms with E-state index in [1.807, 2.05) is 0 Å². The van der Waals surface area contributed by atoms with Crippen LogP contribution in [0, 0.1) is 6.26 Å². The van der Waals surface area contributed by atoms with E-state index in [4.69, 9.17) is 5.73 Å². The number of carbonyl (C=O) groups is 1. The Hall–Kier alpha value is -1.32. The molecular weight excluding hydrogens is 156 g/mol. The van der Waals surface area contributed by atoms with Crippen molar-refractivity contribution in [3.8, 4) is 0 Å². The molecule has 1 aliphatic carbocycles. The predicted octanol–water partition coefficient (Wildman–Crippen LogP) is 0.841. The van der Waals surface area contributed by atoms with Crippen molar-refractivity contribution in [1.29, 1.82) is 0 Å². The van der Waals surface area contributed by atoms with E-state index < -0.39 is 5.91 Å². The van der Waals surface area contributed by atoms with Crippen molar-refractivity contribution in [2.24, 2.45) is 5.73 Å². The molecule has 2 N–H and O–H groups in total. The molecule has 0 unspecified atom stereocenters. The smallest absolute Gasteiger partial charge is 0.254 e. The van der Waals surface area contributed by atoms with Gasteiger partial charge in [-0.05, 0) is 12.8 Å². The Morgan fingerprint density at radius 1 is 1.67 bits per heavy atom. The fourth-order valence-electron chi connectivity index (χ4n) is 1.35.